The number of fused-ring (bicyclic) bond motifs is 1. The topological polar surface area (TPSA) is 89.7 Å². The SMILES string of the molecule is CCn1cc(-c2cc(Cn3ccn(C)c3=N)cc3c2CCN(Cc2cn(C)nc2C)C3=O)c(C(F)(F)F)n1. The average molecular weight is 527 g/mol. The van der Waals surface area contributed by atoms with Crippen molar-refractivity contribution in [3.05, 3.63) is 76.2 Å². The fourth-order valence-corrected chi connectivity index (χ4v) is 5.04. The Hall–Kier alpha value is -4.09. The predicted molar refractivity (Wildman–Crippen MR) is 133 cm³/mol. The summed E-state index contributed by atoms with van der Waals surface area (Å²) in [5.41, 5.74) is 2.94. The van der Waals surface area contributed by atoms with Gasteiger partial charge in [-0.3, -0.25) is 19.6 Å². The van der Waals surface area contributed by atoms with Crippen LogP contribution in [-0.2, 0) is 46.3 Å². The number of rotatable bonds is 6. The maximum atomic E-state index is 14.0. The summed E-state index contributed by atoms with van der Waals surface area (Å²) in [7, 11) is 3.56. The number of hydrogen-bond acceptors (Lipinski definition) is 4. The highest BCUT2D eigenvalue weighted by Crippen LogP contribution is 2.40. The summed E-state index contributed by atoms with van der Waals surface area (Å²) >= 11 is 0. The molecule has 1 aliphatic rings. The number of halogens is 3. The third-order valence-corrected chi connectivity index (χ3v) is 7.01. The van der Waals surface area contributed by atoms with Crippen LogP contribution in [0.4, 0.5) is 13.2 Å². The zero-order chi connectivity index (χ0) is 27.4. The van der Waals surface area contributed by atoms with Gasteiger partial charge in [-0.15, -0.1) is 0 Å². The van der Waals surface area contributed by atoms with Crippen molar-refractivity contribution in [2.45, 2.75) is 46.1 Å². The van der Waals surface area contributed by atoms with E-state index in [4.69, 9.17) is 5.41 Å². The van der Waals surface area contributed by atoms with Crippen molar-refractivity contribution in [1.82, 2.24) is 33.6 Å². The number of aromatic nitrogens is 6. The van der Waals surface area contributed by atoms with Crippen molar-refractivity contribution < 1.29 is 18.0 Å². The monoisotopic (exact) mass is 526 g/mol. The number of alkyl halides is 3. The molecule has 0 fully saturated rings. The molecule has 0 aliphatic carbocycles. The van der Waals surface area contributed by atoms with E-state index in [-0.39, 0.29) is 30.2 Å². The van der Waals surface area contributed by atoms with Crippen molar-refractivity contribution in [1.29, 1.82) is 5.41 Å². The molecule has 12 heteroatoms. The van der Waals surface area contributed by atoms with Gasteiger partial charge in [-0.05, 0) is 49.1 Å². The number of benzene rings is 1. The first-order valence-electron chi connectivity index (χ1n) is 12.3. The van der Waals surface area contributed by atoms with Crippen LogP contribution in [0.25, 0.3) is 11.1 Å². The van der Waals surface area contributed by atoms with Crippen LogP contribution in [0.5, 0.6) is 0 Å². The molecule has 4 heterocycles. The van der Waals surface area contributed by atoms with E-state index in [1.165, 1.54) is 10.9 Å². The third kappa shape index (κ3) is 4.54. The van der Waals surface area contributed by atoms with Crippen molar-refractivity contribution in [3.63, 3.8) is 0 Å². The van der Waals surface area contributed by atoms with Crippen molar-refractivity contribution in [2.75, 3.05) is 6.54 Å². The van der Waals surface area contributed by atoms with Gasteiger partial charge in [0.25, 0.3) is 5.91 Å². The molecule has 0 saturated heterocycles. The fraction of sp³-hybridized carbons (Fsp3) is 0.385. The van der Waals surface area contributed by atoms with Gasteiger partial charge in [0, 0.05) is 75.2 Å². The molecule has 1 aromatic carbocycles. The Kier molecular flexibility index (Phi) is 6.28. The Bertz CT molecular complexity index is 1590. The second kappa shape index (κ2) is 9.34. The Morgan fingerprint density at radius 3 is 2.37 bits per heavy atom. The van der Waals surface area contributed by atoms with Crippen LogP contribution in [0.1, 0.15) is 45.4 Å². The lowest BCUT2D eigenvalue weighted by molar-refractivity contribution is -0.141. The number of imidazole rings is 1. The lowest BCUT2D eigenvalue weighted by Gasteiger charge is -2.30. The minimum atomic E-state index is -4.65. The van der Waals surface area contributed by atoms with E-state index in [1.54, 1.807) is 57.2 Å². The molecular weight excluding hydrogens is 497 g/mol. The van der Waals surface area contributed by atoms with Crippen molar-refractivity contribution in [3.8, 4) is 11.1 Å². The number of nitrogens with one attached hydrogen (secondary N) is 1. The Labute approximate surface area is 217 Å². The van der Waals surface area contributed by atoms with E-state index in [1.807, 2.05) is 20.2 Å². The Morgan fingerprint density at radius 2 is 1.76 bits per heavy atom. The largest absolute Gasteiger partial charge is 0.435 e. The average Bonchev–Trinajstić information content (AvgIpc) is 3.53. The molecule has 0 saturated carbocycles. The van der Waals surface area contributed by atoms with Crippen LogP contribution in [0.15, 0.2) is 36.9 Å². The van der Waals surface area contributed by atoms with Crippen molar-refractivity contribution in [2.24, 2.45) is 14.1 Å². The van der Waals surface area contributed by atoms with Crippen molar-refractivity contribution >= 4 is 5.91 Å². The molecule has 5 rings (SSSR count). The maximum Gasteiger partial charge on any atom is 0.435 e. The molecule has 0 radical (unpaired) electrons. The summed E-state index contributed by atoms with van der Waals surface area (Å²) in [5, 5.41) is 16.4. The number of carbonyl (C=O) groups excluding carboxylic acids is 1. The van der Waals surface area contributed by atoms with Gasteiger partial charge in [0.15, 0.2) is 5.69 Å². The molecule has 3 aromatic heterocycles. The first-order valence-corrected chi connectivity index (χ1v) is 12.3. The van der Waals surface area contributed by atoms with E-state index < -0.39 is 11.9 Å². The molecule has 1 amide bonds. The van der Waals surface area contributed by atoms with Crippen LogP contribution in [0, 0.1) is 12.3 Å². The second-order valence-corrected chi connectivity index (χ2v) is 9.67. The molecule has 0 bridgehead atoms. The summed E-state index contributed by atoms with van der Waals surface area (Å²) < 4.78 is 48.4. The van der Waals surface area contributed by atoms with Gasteiger partial charge in [0.2, 0.25) is 5.62 Å². The van der Waals surface area contributed by atoms with Gasteiger partial charge in [0.05, 0.1) is 12.2 Å². The third-order valence-electron chi connectivity index (χ3n) is 7.01. The van der Waals surface area contributed by atoms with Gasteiger partial charge in [-0.1, -0.05) is 0 Å². The number of aryl methyl sites for hydroxylation is 4. The summed E-state index contributed by atoms with van der Waals surface area (Å²) in [6.45, 7) is 4.87. The van der Waals surface area contributed by atoms with Crippen LogP contribution < -0.4 is 5.62 Å². The normalized spacial score (nSPS) is 13.9. The summed E-state index contributed by atoms with van der Waals surface area (Å²) in [5.74, 6) is -0.238. The second-order valence-electron chi connectivity index (χ2n) is 9.67. The summed E-state index contributed by atoms with van der Waals surface area (Å²) in [6.07, 6.45) is 2.51. The summed E-state index contributed by atoms with van der Waals surface area (Å²) in [6, 6.07) is 3.46. The van der Waals surface area contributed by atoms with E-state index in [2.05, 4.69) is 10.2 Å². The molecule has 1 aliphatic heterocycles. The number of carbonyl (C=O) groups is 1. The lowest BCUT2D eigenvalue weighted by Crippen LogP contribution is -2.37. The van der Waals surface area contributed by atoms with Gasteiger partial charge in [-0.25, -0.2) is 0 Å². The van der Waals surface area contributed by atoms with Crippen LogP contribution in [0.3, 0.4) is 0 Å². The fourth-order valence-electron chi connectivity index (χ4n) is 5.04. The molecule has 4 aromatic rings. The quantitative estimate of drug-likeness (QED) is 0.417. The molecule has 0 spiro atoms. The number of nitrogens with zero attached hydrogens (tertiary/aromatic N) is 7. The van der Waals surface area contributed by atoms with Crippen LogP contribution in [-0.4, -0.2) is 46.0 Å². The number of amides is 1. The standard InChI is InChI=1S/C26H29F3N8O/c1-5-37-15-22(23(32-37)26(27,28)29)20-10-17(12-36-9-8-33(3)25(36)30)11-21-19(20)6-7-35(24(21)38)14-18-13-34(4)31-16(18)2/h8-11,13,15,30H,5-7,12,14H2,1-4H3. The molecule has 200 valence electrons. The van der Waals surface area contributed by atoms with E-state index in [0.29, 0.717) is 41.8 Å². The minimum Gasteiger partial charge on any atom is -0.334 e. The maximum absolute atomic E-state index is 14.0. The van der Waals surface area contributed by atoms with E-state index >= 15 is 0 Å². The zero-order valence-corrected chi connectivity index (χ0v) is 21.7. The smallest absolute Gasteiger partial charge is 0.334 e. The minimum absolute atomic E-state index is 0.0361. The van der Waals surface area contributed by atoms with E-state index in [9.17, 15) is 18.0 Å². The molecule has 0 unspecified atom stereocenters. The first-order chi connectivity index (χ1) is 18.0. The molecule has 9 nitrogen and oxygen atoms in total. The van der Waals surface area contributed by atoms with E-state index in [0.717, 1.165) is 11.3 Å². The number of hydrogen-bond donors (Lipinski definition) is 1. The van der Waals surface area contributed by atoms with Gasteiger partial charge >= 0.3 is 6.18 Å². The highest BCUT2D eigenvalue weighted by atomic mass is 19.4. The van der Waals surface area contributed by atoms with Gasteiger partial charge < -0.3 is 14.0 Å². The van der Waals surface area contributed by atoms with Gasteiger partial charge in [-0.2, -0.15) is 23.4 Å². The van der Waals surface area contributed by atoms with Crippen LogP contribution >= 0.6 is 0 Å². The first kappa shape index (κ1) is 25.6. The Morgan fingerprint density at radius 1 is 1.03 bits per heavy atom. The molecular formula is C26H29F3N8O. The Balaban J connectivity index is 1.64. The molecule has 38 heavy (non-hydrogen) atoms. The predicted octanol–water partition coefficient (Wildman–Crippen LogP) is 3.50. The molecule has 0 atom stereocenters. The highest BCUT2D eigenvalue weighted by molar-refractivity contribution is 5.99. The van der Waals surface area contributed by atoms with Crippen LogP contribution in [0.2, 0.25) is 0 Å². The molecule has 1 N–H and O–H groups in total. The lowest BCUT2D eigenvalue weighted by atomic mass is 9.88. The van der Waals surface area contributed by atoms with Gasteiger partial charge in [0.1, 0.15) is 0 Å². The highest BCUT2D eigenvalue weighted by Gasteiger charge is 2.39. The zero-order valence-electron chi connectivity index (χ0n) is 21.7. The summed E-state index contributed by atoms with van der Waals surface area (Å²) in [4.78, 5) is 15.5.